The van der Waals surface area contributed by atoms with Crippen molar-refractivity contribution in [3.63, 3.8) is 0 Å². The van der Waals surface area contributed by atoms with Crippen LogP contribution >= 0.6 is 11.3 Å². The lowest BCUT2D eigenvalue weighted by atomic mass is 10.1. The molecule has 0 aliphatic carbocycles. The number of carbonyl (C=O) groups excluding carboxylic acids is 2. The second-order valence-electron chi connectivity index (χ2n) is 6.67. The molecule has 0 spiro atoms. The summed E-state index contributed by atoms with van der Waals surface area (Å²) in [5.41, 5.74) is 2.85. The molecule has 0 unspecified atom stereocenters. The fraction of sp³-hybridized carbons (Fsp3) is 0.136. The maximum absolute atomic E-state index is 13.2. The third-order valence-electron chi connectivity index (χ3n) is 4.67. The van der Waals surface area contributed by atoms with Crippen molar-refractivity contribution in [2.75, 3.05) is 7.11 Å². The Balaban J connectivity index is 1.52. The zero-order chi connectivity index (χ0) is 21.3. The highest BCUT2D eigenvalue weighted by atomic mass is 32.1. The first-order chi connectivity index (χ1) is 14.5. The van der Waals surface area contributed by atoms with Crippen molar-refractivity contribution in [1.29, 1.82) is 0 Å². The van der Waals surface area contributed by atoms with E-state index in [1.807, 2.05) is 13.0 Å². The van der Waals surface area contributed by atoms with E-state index < -0.39 is 5.97 Å². The number of methoxy groups -OCH3 is 1. The molecule has 0 atom stereocenters. The maximum Gasteiger partial charge on any atom is 0.337 e. The van der Waals surface area contributed by atoms with Crippen molar-refractivity contribution in [1.82, 2.24) is 15.1 Å². The molecule has 0 aliphatic heterocycles. The number of aryl methyl sites for hydroxylation is 1. The number of amides is 1. The number of nitrogens with one attached hydrogen (secondary N) is 1. The van der Waals surface area contributed by atoms with E-state index in [2.05, 4.69) is 15.2 Å². The summed E-state index contributed by atoms with van der Waals surface area (Å²) in [4.78, 5) is 25.5. The van der Waals surface area contributed by atoms with Gasteiger partial charge in [-0.2, -0.15) is 5.10 Å². The van der Waals surface area contributed by atoms with Crippen molar-refractivity contribution in [2.24, 2.45) is 0 Å². The van der Waals surface area contributed by atoms with E-state index in [4.69, 9.17) is 0 Å². The second-order valence-corrected chi connectivity index (χ2v) is 7.70. The van der Waals surface area contributed by atoms with Crippen LogP contribution in [0.1, 0.15) is 31.3 Å². The highest BCUT2D eigenvalue weighted by molar-refractivity contribution is 7.20. The summed E-state index contributed by atoms with van der Waals surface area (Å²) in [5.74, 6) is -0.913. The van der Waals surface area contributed by atoms with Gasteiger partial charge < -0.3 is 10.1 Å². The quantitative estimate of drug-likeness (QED) is 0.487. The molecule has 1 N–H and O–H groups in total. The Morgan fingerprint density at radius 2 is 1.83 bits per heavy atom. The summed E-state index contributed by atoms with van der Waals surface area (Å²) in [6, 6.07) is 14.7. The topological polar surface area (TPSA) is 73.2 Å². The molecule has 1 amide bonds. The van der Waals surface area contributed by atoms with Gasteiger partial charge in [0.1, 0.15) is 10.6 Å². The van der Waals surface area contributed by atoms with Crippen LogP contribution in [0.4, 0.5) is 4.39 Å². The molecule has 2 heterocycles. The molecule has 0 saturated heterocycles. The highest BCUT2D eigenvalue weighted by Crippen LogP contribution is 2.30. The predicted octanol–water partition coefficient (Wildman–Crippen LogP) is 4.25. The second kappa shape index (κ2) is 8.08. The van der Waals surface area contributed by atoms with Crippen LogP contribution in [0, 0.1) is 12.7 Å². The molecule has 0 radical (unpaired) electrons. The number of fused-ring (bicyclic) bond motifs is 1. The normalized spacial score (nSPS) is 10.9. The highest BCUT2D eigenvalue weighted by Gasteiger charge is 2.17. The van der Waals surface area contributed by atoms with Gasteiger partial charge in [-0.3, -0.25) is 4.79 Å². The monoisotopic (exact) mass is 423 g/mol. The number of aromatic nitrogens is 2. The fourth-order valence-electron chi connectivity index (χ4n) is 3.06. The number of hydrogen-bond acceptors (Lipinski definition) is 5. The first-order valence-electron chi connectivity index (χ1n) is 9.17. The smallest absolute Gasteiger partial charge is 0.337 e. The minimum absolute atomic E-state index is 0.196. The van der Waals surface area contributed by atoms with E-state index in [0.29, 0.717) is 17.0 Å². The standard InChI is InChI=1S/C22H18FN3O3S/c1-13-18-11-19(30-21(18)26(25-13)17-9-7-16(23)8-10-17)20(27)24-12-14-3-5-15(6-4-14)22(28)29-2/h3-11H,12H2,1-2H3,(H,24,27). The number of thiophene rings is 1. The minimum atomic E-state index is -0.401. The Labute approximate surface area is 175 Å². The van der Waals surface area contributed by atoms with Gasteiger partial charge in [-0.1, -0.05) is 12.1 Å². The first kappa shape index (κ1) is 19.8. The van der Waals surface area contributed by atoms with Crippen molar-refractivity contribution in [3.8, 4) is 5.69 Å². The Bertz CT molecular complexity index is 1230. The Kier molecular flexibility index (Phi) is 5.33. The largest absolute Gasteiger partial charge is 0.465 e. The van der Waals surface area contributed by atoms with Crippen LogP contribution in [0.25, 0.3) is 15.9 Å². The maximum atomic E-state index is 13.2. The van der Waals surface area contributed by atoms with Crippen molar-refractivity contribution in [3.05, 3.63) is 82.1 Å². The Hall–Kier alpha value is -3.52. The molecule has 4 aromatic rings. The predicted molar refractivity (Wildman–Crippen MR) is 113 cm³/mol. The van der Waals surface area contributed by atoms with Crippen molar-refractivity contribution < 1.29 is 18.7 Å². The number of ether oxygens (including phenoxy) is 1. The van der Waals surface area contributed by atoms with E-state index in [9.17, 15) is 14.0 Å². The molecule has 0 fully saturated rings. The lowest BCUT2D eigenvalue weighted by molar-refractivity contribution is 0.0600. The van der Waals surface area contributed by atoms with Crippen molar-refractivity contribution >= 4 is 33.4 Å². The summed E-state index contributed by atoms with van der Waals surface area (Å²) >= 11 is 1.33. The molecular weight excluding hydrogens is 405 g/mol. The van der Waals surface area contributed by atoms with Crippen LogP contribution in [0.2, 0.25) is 0 Å². The molecule has 30 heavy (non-hydrogen) atoms. The van der Waals surface area contributed by atoms with E-state index >= 15 is 0 Å². The third-order valence-corrected chi connectivity index (χ3v) is 5.78. The lowest BCUT2D eigenvalue weighted by Gasteiger charge is -2.05. The Morgan fingerprint density at radius 3 is 2.50 bits per heavy atom. The van der Waals surface area contributed by atoms with Gasteiger partial charge in [0, 0.05) is 11.9 Å². The number of nitrogens with zero attached hydrogens (tertiary/aromatic N) is 2. The molecule has 2 aromatic heterocycles. The van der Waals surface area contributed by atoms with E-state index in [1.165, 1.54) is 30.6 Å². The molecule has 8 heteroatoms. The molecule has 0 bridgehead atoms. The van der Waals surface area contributed by atoms with Crippen LogP contribution in [-0.4, -0.2) is 28.8 Å². The molecule has 2 aromatic carbocycles. The summed E-state index contributed by atoms with van der Waals surface area (Å²) in [6.07, 6.45) is 0. The molecular formula is C22H18FN3O3S. The third kappa shape index (κ3) is 3.81. The average molecular weight is 423 g/mol. The zero-order valence-corrected chi connectivity index (χ0v) is 17.1. The summed E-state index contributed by atoms with van der Waals surface area (Å²) in [6.45, 7) is 2.21. The van der Waals surface area contributed by atoms with Gasteiger partial charge in [0.15, 0.2) is 0 Å². The van der Waals surface area contributed by atoms with Gasteiger partial charge >= 0.3 is 5.97 Å². The summed E-state index contributed by atoms with van der Waals surface area (Å²) < 4.78 is 19.6. The minimum Gasteiger partial charge on any atom is -0.465 e. The number of hydrogen-bond donors (Lipinski definition) is 1. The molecule has 4 rings (SSSR count). The van der Waals surface area contributed by atoms with Crippen LogP contribution in [0.5, 0.6) is 0 Å². The van der Waals surface area contributed by atoms with Crippen LogP contribution in [0.15, 0.2) is 54.6 Å². The average Bonchev–Trinajstić information content (AvgIpc) is 3.33. The van der Waals surface area contributed by atoms with Crippen LogP contribution in [-0.2, 0) is 11.3 Å². The number of benzene rings is 2. The number of halogens is 1. The van der Waals surface area contributed by atoms with Crippen LogP contribution < -0.4 is 5.32 Å². The number of rotatable bonds is 5. The Morgan fingerprint density at radius 1 is 1.13 bits per heavy atom. The van der Waals surface area contributed by atoms with Crippen LogP contribution in [0.3, 0.4) is 0 Å². The molecule has 152 valence electrons. The fourth-order valence-corrected chi connectivity index (χ4v) is 4.16. The van der Waals surface area contributed by atoms with Gasteiger partial charge in [0.2, 0.25) is 0 Å². The zero-order valence-electron chi connectivity index (χ0n) is 16.3. The van der Waals surface area contributed by atoms with Gasteiger partial charge in [-0.05, 0) is 55.0 Å². The molecule has 0 saturated carbocycles. The van der Waals surface area contributed by atoms with E-state index in [0.717, 1.165) is 27.2 Å². The number of carbonyl (C=O) groups is 2. The van der Waals surface area contributed by atoms with Gasteiger partial charge in [0.05, 0.1) is 28.9 Å². The van der Waals surface area contributed by atoms with Gasteiger partial charge in [0.25, 0.3) is 5.91 Å². The van der Waals surface area contributed by atoms with Gasteiger partial charge in [-0.25, -0.2) is 13.9 Å². The SMILES string of the molecule is COC(=O)c1ccc(CNC(=O)c2cc3c(C)nn(-c4ccc(F)cc4)c3s2)cc1. The number of esters is 1. The summed E-state index contributed by atoms with van der Waals surface area (Å²) in [7, 11) is 1.33. The van der Waals surface area contributed by atoms with E-state index in [1.54, 1.807) is 41.1 Å². The lowest BCUT2D eigenvalue weighted by Crippen LogP contribution is -2.21. The summed E-state index contributed by atoms with van der Waals surface area (Å²) in [5, 5.41) is 8.29. The molecule has 0 aliphatic rings. The molecule has 6 nitrogen and oxygen atoms in total. The van der Waals surface area contributed by atoms with E-state index in [-0.39, 0.29) is 11.7 Å². The van der Waals surface area contributed by atoms with Crippen molar-refractivity contribution in [2.45, 2.75) is 13.5 Å². The van der Waals surface area contributed by atoms with Gasteiger partial charge in [-0.15, -0.1) is 11.3 Å². The first-order valence-corrected chi connectivity index (χ1v) is 9.98.